The van der Waals surface area contributed by atoms with Crippen molar-refractivity contribution in [3.63, 3.8) is 0 Å². The molecule has 0 aromatic heterocycles. The fourth-order valence-electron chi connectivity index (χ4n) is 3.78. The van der Waals surface area contributed by atoms with Crippen molar-refractivity contribution in [1.82, 2.24) is 10.6 Å². The Morgan fingerprint density at radius 1 is 1.16 bits per heavy atom. The molecule has 0 spiro atoms. The van der Waals surface area contributed by atoms with Gasteiger partial charge in [0.15, 0.2) is 0 Å². The van der Waals surface area contributed by atoms with Crippen molar-refractivity contribution in [3.8, 4) is 0 Å². The van der Waals surface area contributed by atoms with E-state index in [-0.39, 0.29) is 11.9 Å². The van der Waals surface area contributed by atoms with Gasteiger partial charge in [-0.2, -0.15) is 0 Å². The Labute approximate surface area is 115 Å². The van der Waals surface area contributed by atoms with Crippen molar-refractivity contribution in [2.24, 2.45) is 0 Å². The Kier molecular flexibility index (Phi) is 4.08. The van der Waals surface area contributed by atoms with Crippen LogP contribution in [-0.4, -0.2) is 36.2 Å². The number of fused-ring (bicyclic) bond motifs is 2. The van der Waals surface area contributed by atoms with Gasteiger partial charge in [0.25, 0.3) is 0 Å². The predicted octanol–water partition coefficient (Wildman–Crippen LogP) is 1.73. The van der Waals surface area contributed by atoms with Crippen molar-refractivity contribution < 1.29 is 9.53 Å². The number of amides is 1. The largest absolute Gasteiger partial charge is 0.373 e. The fourth-order valence-corrected chi connectivity index (χ4v) is 3.78. The van der Waals surface area contributed by atoms with Crippen LogP contribution < -0.4 is 10.6 Å². The zero-order chi connectivity index (χ0) is 13.2. The van der Waals surface area contributed by atoms with E-state index in [1.54, 1.807) is 0 Å². The van der Waals surface area contributed by atoms with Gasteiger partial charge in [0.2, 0.25) is 5.91 Å². The van der Waals surface area contributed by atoms with Gasteiger partial charge < -0.3 is 15.4 Å². The van der Waals surface area contributed by atoms with Crippen LogP contribution in [0.25, 0.3) is 0 Å². The Balaban J connectivity index is 1.44. The summed E-state index contributed by atoms with van der Waals surface area (Å²) in [6.07, 6.45) is 10.3. The summed E-state index contributed by atoms with van der Waals surface area (Å²) in [6.45, 7) is 1.98. The molecule has 0 radical (unpaired) electrons. The SMILES string of the molecule is CC(NC1CC2CCC1O2)C(=O)NC1CCCCC1. The van der Waals surface area contributed by atoms with Crippen LogP contribution in [0.1, 0.15) is 58.3 Å². The molecule has 2 bridgehead atoms. The minimum atomic E-state index is -0.102. The lowest BCUT2D eigenvalue weighted by Gasteiger charge is -2.27. The Bertz CT molecular complexity index is 328. The maximum absolute atomic E-state index is 12.2. The van der Waals surface area contributed by atoms with E-state index in [2.05, 4.69) is 10.6 Å². The average molecular weight is 266 g/mol. The molecule has 4 nitrogen and oxygen atoms in total. The van der Waals surface area contributed by atoms with Crippen LogP contribution in [0.5, 0.6) is 0 Å². The minimum Gasteiger partial charge on any atom is -0.373 e. The number of hydrogen-bond donors (Lipinski definition) is 2. The van der Waals surface area contributed by atoms with Crippen LogP contribution >= 0.6 is 0 Å². The molecule has 4 heteroatoms. The maximum atomic E-state index is 12.2. The molecule has 108 valence electrons. The number of hydrogen-bond acceptors (Lipinski definition) is 3. The molecule has 0 aromatic rings. The van der Waals surface area contributed by atoms with Gasteiger partial charge >= 0.3 is 0 Å². The molecule has 0 aromatic carbocycles. The first kappa shape index (κ1) is 13.4. The Morgan fingerprint density at radius 3 is 2.58 bits per heavy atom. The third kappa shape index (κ3) is 3.11. The van der Waals surface area contributed by atoms with Crippen LogP contribution in [0.2, 0.25) is 0 Å². The highest BCUT2D eigenvalue weighted by Gasteiger charge is 2.41. The van der Waals surface area contributed by atoms with Crippen molar-refractivity contribution in [3.05, 3.63) is 0 Å². The normalized spacial score (nSPS) is 36.4. The van der Waals surface area contributed by atoms with Crippen LogP contribution in [0, 0.1) is 0 Å². The smallest absolute Gasteiger partial charge is 0.237 e. The maximum Gasteiger partial charge on any atom is 0.237 e. The number of rotatable bonds is 4. The van der Waals surface area contributed by atoms with Gasteiger partial charge in [0.05, 0.1) is 18.2 Å². The lowest BCUT2D eigenvalue weighted by atomic mass is 9.94. The molecule has 2 saturated heterocycles. The van der Waals surface area contributed by atoms with Crippen LogP contribution in [0.4, 0.5) is 0 Å². The molecule has 1 amide bonds. The molecule has 1 aliphatic carbocycles. The van der Waals surface area contributed by atoms with Crippen LogP contribution in [0.15, 0.2) is 0 Å². The molecule has 1 saturated carbocycles. The third-order valence-corrected chi connectivity index (χ3v) is 4.91. The first-order chi connectivity index (χ1) is 9.22. The average Bonchev–Trinajstić information content (AvgIpc) is 3.02. The summed E-state index contributed by atoms with van der Waals surface area (Å²) in [5.74, 6) is 0.162. The summed E-state index contributed by atoms with van der Waals surface area (Å²) in [5, 5.41) is 6.66. The standard InChI is InChI=1S/C15H26N2O2/c1-10(15(18)17-11-5-3-2-4-6-11)16-13-9-12-7-8-14(13)19-12/h10-14,16H,2-9H2,1H3,(H,17,18). The molecule has 3 aliphatic rings. The molecule has 2 N–H and O–H groups in total. The van der Waals surface area contributed by atoms with E-state index in [0.29, 0.717) is 24.3 Å². The second-order valence-corrected chi connectivity index (χ2v) is 6.45. The lowest BCUT2D eigenvalue weighted by molar-refractivity contribution is -0.124. The molecular weight excluding hydrogens is 240 g/mol. The molecule has 19 heavy (non-hydrogen) atoms. The van der Waals surface area contributed by atoms with E-state index in [1.165, 1.54) is 25.7 Å². The van der Waals surface area contributed by atoms with Gasteiger partial charge in [0.1, 0.15) is 0 Å². The highest BCUT2D eigenvalue weighted by atomic mass is 16.5. The second kappa shape index (κ2) is 5.80. The van der Waals surface area contributed by atoms with E-state index < -0.39 is 0 Å². The number of nitrogens with one attached hydrogen (secondary N) is 2. The Hall–Kier alpha value is -0.610. The minimum absolute atomic E-state index is 0.102. The summed E-state index contributed by atoms with van der Waals surface area (Å²) >= 11 is 0. The molecule has 3 fully saturated rings. The molecule has 4 unspecified atom stereocenters. The number of ether oxygens (including phenoxy) is 1. The van der Waals surface area contributed by atoms with Crippen molar-refractivity contribution >= 4 is 5.91 Å². The zero-order valence-electron chi connectivity index (χ0n) is 11.9. The molecule has 3 rings (SSSR count). The van der Waals surface area contributed by atoms with E-state index >= 15 is 0 Å². The van der Waals surface area contributed by atoms with E-state index in [0.717, 1.165) is 25.7 Å². The summed E-state index contributed by atoms with van der Waals surface area (Å²) < 4.78 is 5.82. The van der Waals surface area contributed by atoms with Crippen molar-refractivity contribution in [1.29, 1.82) is 0 Å². The van der Waals surface area contributed by atoms with E-state index in [9.17, 15) is 4.79 Å². The zero-order valence-corrected chi connectivity index (χ0v) is 11.9. The first-order valence-corrected chi connectivity index (χ1v) is 7.94. The highest BCUT2D eigenvalue weighted by Crippen LogP contribution is 2.34. The predicted molar refractivity (Wildman–Crippen MR) is 73.9 cm³/mol. The summed E-state index contributed by atoms with van der Waals surface area (Å²) in [5.41, 5.74) is 0. The third-order valence-electron chi connectivity index (χ3n) is 4.91. The summed E-state index contributed by atoms with van der Waals surface area (Å²) in [7, 11) is 0. The van der Waals surface area contributed by atoms with Crippen LogP contribution in [-0.2, 0) is 9.53 Å². The highest BCUT2D eigenvalue weighted by molar-refractivity contribution is 5.81. The van der Waals surface area contributed by atoms with Gasteiger partial charge in [-0.05, 0) is 39.0 Å². The van der Waals surface area contributed by atoms with Gasteiger partial charge in [0, 0.05) is 12.1 Å². The monoisotopic (exact) mass is 266 g/mol. The number of carbonyl (C=O) groups excluding carboxylic acids is 1. The van der Waals surface area contributed by atoms with Crippen molar-refractivity contribution in [2.75, 3.05) is 0 Å². The second-order valence-electron chi connectivity index (χ2n) is 6.45. The Morgan fingerprint density at radius 2 is 1.95 bits per heavy atom. The molecule has 4 atom stereocenters. The van der Waals surface area contributed by atoms with E-state index in [4.69, 9.17) is 4.74 Å². The van der Waals surface area contributed by atoms with Gasteiger partial charge in [-0.25, -0.2) is 0 Å². The van der Waals surface area contributed by atoms with Crippen LogP contribution in [0.3, 0.4) is 0 Å². The summed E-state index contributed by atoms with van der Waals surface area (Å²) in [6, 6.07) is 0.683. The van der Waals surface area contributed by atoms with Gasteiger partial charge in [-0.3, -0.25) is 4.79 Å². The number of carbonyl (C=O) groups is 1. The van der Waals surface area contributed by atoms with E-state index in [1.807, 2.05) is 6.92 Å². The summed E-state index contributed by atoms with van der Waals surface area (Å²) in [4.78, 5) is 12.2. The molecule has 2 heterocycles. The van der Waals surface area contributed by atoms with Gasteiger partial charge in [-0.15, -0.1) is 0 Å². The fraction of sp³-hybridized carbons (Fsp3) is 0.933. The van der Waals surface area contributed by atoms with Crippen molar-refractivity contribution in [2.45, 2.75) is 88.6 Å². The molecule has 2 aliphatic heterocycles. The van der Waals surface area contributed by atoms with Gasteiger partial charge in [-0.1, -0.05) is 19.3 Å². The topological polar surface area (TPSA) is 50.4 Å². The molecular formula is C15H26N2O2. The first-order valence-electron chi connectivity index (χ1n) is 7.94. The lowest BCUT2D eigenvalue weighted by Crippen LogP contribution is -2.51. The quantitative estimate of drug-likeness (QED) is 0.815.